The van der Waals surface area contributed by atoms with E-state index >= 15 is 0 Å². The second-order valence-corrected chi connectivity index (χ2v) is 4.28. The van der Waals surface area contributed by atoms with E-state index in [1.54, 1.807) is 11.8 Å². The van der Waals surface area contributed by atoms with E-state index in [1.165, 1.54) is 12.1 Å². The van der Waals surface area contributed by atoms with Gasteiger partial charge in [-0.1, -0.05) is 13.8 Å². The fourth-order valence-corrected chi connectivity index (χ4v) is 1.73. The van der Waals surface area contributed by atoms with Gasteiger partial charge in [0.15, 0.2) is 0 Å². The average Bonchev–Trinajstić information content (AvgIpc) is 2.28. The summed E-state index contributed by atoms with van der Waals surface area (Å²) in [6, 6.07) is 3.32. The number of hydrogen-bond acceptors (Lipinski definition) is 2. The van der Waals surface area contributed by atoms with Crippen molar-refractivity contribution in [3.05, 3.63) is 29.8 Å². The molecule has 1 atom stereocenters. The lowest BCUT2D eigenvalue weighted by Crippen LogP contribution is -2.33. The highest BCUT2D eigenvalue weighted by Gasteiger charge is 2.18. The van der Waals surface area contributed by atoms with E-state index in [2.05, 4.69) is 0 Å². The van der Waals surface area contributed by atoms with Crippen molar-refractivity contribution in [3.63, 3.8) is 0 Å². The summed E-state index contributed by atoms with van der Waals surface area (Å²) in [6.45, 7) is 4.21. The van der Waals surface area contributed by atoms with E-state index < -0.39 is 23.5 Å². The molecule has 0 aliphatic rings. The Morgan fingerprint density at radius 2 is 2.11 bits per heavy atom. The van der Waals surface area contributed by atoms with Crippen LogP contribution in [0, 0.1) is 17.6 Å². The van der Waals surface area contributed by atoms with Gasteiger partial charge in [0, 0.05) is 19.2 Å². The van der Waals surface area contributed by atoms with E-state index in [0.717, 1.165) is 12.5 Å². The van der Waals surface area contributed by atoms with Crippen LogP contribution in [-0.2, 0) is 4.79 Å². The summed E-state index contributed by atoms with van der Waals surface area (Å²) in [5.41, 5.74) is 0.242. The SMILES string of the molecule is CCCN(CC(C)C(=O)O)c1ccc(F)cc1F. The Balaban J connectivity index is 2.93. The Morgan fingerprint density at radius 1 is 1.44 bits per heavy atom. The van der Waals surface area contributed by atoms with E-state index in [4.69, 9.17) is 5.11 Å². The second-order valence-electron chi connectivity index (χ2n) is 4.28. The molecule has 1 aromatic carbocycles. The van der Waals surface area contributed by atoms with Crippen LogP contribution in [-0.4, -0.2) is 24.2 Å². The third kappa shape index (κ3) is 3.68. The van der Waals surface area contributed by atoms with Gasteiger partial charge in [-0.05, 0) is 18.6 Å². The molecule has 0 radical (unpaired) electrons. The molecular weight excluding hydrogens is 240 g/mol. The van der Waals surface area contributed by atoms with Gasteiger partial charge < -0.3 is 10.0 Å². The first kappa shape index (κ1) is 14.4. The molecule has 1 rings (SSSR count). The van der Waals surface area contributed by atoms with Crippen LogP contribution < -0.4 is 4.90 Å². The van der Waals surface area contributed by atoms with Crippen LogP contribution in [0.15, 0.2) is 18.2 Å². The van der Waals surface area contributed by atoms with E-state index in [9.17, 15) is 13.6 Å². The fourth-order valence-electron chi connectivity index (χ4n) is 1.73. The van der Waals surface area contributed by atoms with Crippen molar-refractivity contribution < 1.29 is 18.7 Å². The number of halogens is 2. The van der Waals surface area contributed by atoms with Crippen LogP contribution in [0.5, 0.6) is 0 Å². The molecule has 0 saturated heterocycles. The number of carboxylic acid groups (broad SMARTS) is 1. The highest BCUT2D eigenvalue weighted by molar-refractivity contribution is 5.70. The number of benzene rings is 1. The van der Waals surface area contributed by atoms with Crippen LogP contribution in [0.25, 0.3) is 0 Å². The summed E-state index contributed by atoms with van der Waals surface area (Å²) in [6.07, 6.45) is 0.753. The highest BCUT2D eigenvalue weighted by atomic mass is 19.1. The minimum Gasteiger partial charge on any atom is -0.481 e. The zero-order valence-corrected chi connectivity index (χ0v) is 10.5. The van der Waals surface area contributed by atoms with Gasteiger partial charge in [-0.2, -0.15) is 0 Å². The number of hydrogen-bond donors (Lipinski definition) is 1. The first-order valence-electron chi connectivity index (χ1n) is 5.88. The van der Waals surface area contributed by atoms with Crippen molar-refractivity contribution in [3.8, 4) is 0 Å². The van der Waals surface area contributed by atoms with Gasteiger partial charge in [0.25, 0.3) is 0 Å². The lowest BCUT2D eigenvalue weighted by atomic mass is 10.1. The van der Waals surface area contributed by atoms with E-state index in [1.807, 2.05) is 6.92 Å². The molecule has 1 N–H and O–H groups in total. The second kappa shape index (κ2) is 6.33. The Kier molecular flexibility index (Phi) is 5.07. The summed E-state index contributed by atoms with van der Waals surface area (Å²) in [7, 11) is 0. The van der Waals surface area contributed by atoms with Crippen LogP contribution in [0.2, 0.25) is 0 Å². The Labute approximate surface area is 105 Å². The Morgan fingerprint density at radius 3 is 2.61 bits per heavy atom. The summed E-state index contributed by atoms with van der Waals surface area (Å²) >= 11 is 0. The number of anilines is 1. The van der Waals surface area contributed by atoms with Gasteiger partial charge in [0.1, 0.15) is 11.6 Å². The average molecular weight is 257 g/mol. The van der Waals surface area contributed by atoms with Gasteiger partial charge in [-0.3, -0.25) is 4.79 Å². The van der Waals surface area contributed by atoms with Crippen molar-refractivity contribution >= 4 is 11.7 Å². The molecule has 0 aromatic heterocycles. The van der Waals surface area contributed by atoms with Crippen molar-refractivity contribution in [1.29, 1.82) is 0 Å². The van der Waals surface area contributed by atoms with Crippen molar-refractivity contribution in [1.82, 2.24) is 0 Å². The maximum absolute atomic E-state index is 13.6. The highest BCUT2D eigenvalue weighted by Crippen LogP contribution is 2.21. The molecule has 0 aliphatic carbocycles. The number of rotatable bonds is 6. The monoisotopic (exact) mass is 257 g/mol. The lowest BCUT2D eigenvalue weighted by Gasteiger charge is -2.26. The van der Waals surface area contributed by atoms with E-state index in [0.29, 0.717) is 6.54 Å². The standard InChI is InChI=1S/C13H17F2NO2/c1-3-6-16(8-9(2)13(17)18)12-5-4-10(14)7-11(12)15/h4-5,7,9H,3,6,8H2,1-2H3,(H,17,18). The predicted molar refractivity (Wildman–Crippen MR) is 65.7 cm³/mol. The molecule has 5 heteroatoms. The number of carbonyl (C=O) groups is 1. The third-order valence-electron chi connectivity index (χ3n) is 2.66. The number of aliphatic carboxylic acids is 1. The van der Waals surface area contributed by atoms with Crippen molar-refractivity contribution in [2.24, 2.45) is 5.92 Å². The predicted octanol–water partition coefficient (Wildman–Crippen LogP) is 2.90. The minimum absolute atomic E-state index is 0.200. The van der Waals surface area contributed by atoms with Crippen molar-refractivity contribution in [2.75, 3.05) is 18.0 Å². The van der Waals surface area contributed by atoms with Gasteiger partial charge in [-0.25, -0.2) is 8.78 Å². The number of carboxylic acids is 1. The molecule has 0 heterocycles. The number of nitrogens with zero attached hydrogens (tertiary/aromatic N) is 1. The first-order chi connectivity index (χ1) is 8.45. The summed E-state index contributed by atoms with van der Waals surface area (Å²) in [5, 5.41) is 8.88. The zero-order valence-electron chi connectivity index (χ0n) is 10.5. The smallest absolute Gasteiger partial charge is 0.308 e. The maximum Gasteiger partial charge on any atom is 0.308 e. The summed E-state index contributed by atoms with van der Waals surface area (Å²) in [5.74, 6) is -2.85. The third-order valence-corrected chi connectivity index (χ3v) is 2.66. The molecule has 100 valence electrons. The van der Waals surface area contributed by atoms with Gasteiger partial charge >= 0.3 is 5.97 Å². The quantitative estimate of drug-likeness (QED) is 0.851. The summed E-state index contributed by atoms with van der Waals surface area (Å²) in [4.78, 5) is 12.5. The van der Waals surface area contributed by atoms with Gasteiger partial charge in [0.2, 0.25) is 0 Å². The van der Waals surface area contributed by atoms with Crippen LogP contribution in [0.4, 0.5) is 14.5 Å². The van der Waals surface area contributed by atoms with E-state index in [-0.39, 0.29) is 12.2 Å². The Bertz CT molecular complexity index is 423. The largest absolute Gasteiger partial charge is 0.481 e. The summed E-state index contributed by atoms with van der Waals surface area (Å²) < 4.78 is 26.5. The molecule has 0 fully saturated rings. The minimum atomic E-state index is -0.932. The molecule has 3 nitrogen and oxygen atoms in total. The van der Waals surface area contributed by atoms with Gasteiger partial charge in [0.05, 0.1) is 11.6 Å². The normalized spacial score (nSPS) is 12.2. The molecule has 1 unspecified atom stereocenters. The molecule has 0 amide bonds. The molecule has 0 saturated carbocycles. The first-order valence-corrected chi connectivity index (χ1v) is 5.88. The van der Waals surface area contributed by atoms with Crippen LogP contribution in [0.1, 0.15) is 20.3 Å². The molecule has 0 bridgehead atoms. The van der Waals surface area contributed by atoms with Crippen molar-refractivity contribution in [2.45, 2.75) is 20.3 Å². The van der Waals surface area contributed by atoms with Crippen LogP contribution >= 0.6 is 0 Å². The van der Waals surface area contributed by atoms with Gasteiger partial charge in [-0.15, -0.1) is 0 Å². The molecule has 1 aromatic rings. The zero-order chi connectivity index (χ0) is 13.7. The molecule has 18 heavy (non-hydrogen) atoms. The Hall–Kier alpha value is -1.65. The lowest BCUT2D eigenvalue weighted by molar-refractivity contribution is -0.140. The van der Waals surface area contributed by atoms with Crippen LogP contribution in [0.3, 0.4) is 0 Å². The maximum atomic E-state index is 13.6. The fraction of sp³-hybridized carbons (Fsp3) is 0.462. The topological polar surface area (TPSA) is 40.5 Å². The molecule has 0 spiro atoms. The molecular formula is C13H17F2NO2. The molecule has 0 aliphatic heterocycles.